The van der Waals surface area contributed by atoms with E-state index in [1.807, 2.05) is 0 Å². The summed E-state index contributed by atoms with van der Waals surface area (Å²) >= 11 is -1.36. The number of hydrogen-bond acceptors (Lipinski definition) is 6. The van der Waals surface area contributed by atoms with Gasteiger partial charge in [0.2, 0.25) is 0 Å². The van der Waals surface area contributed by atoms with Crippen LogP contribution in [0.25, 0.3) is 22.0 Å². The molecule has 2 unspecified atom stereocenters. The van der Waals surface area contributed by atoms with Gasteiger partial charge in [0, 0.05) is 0 Å². The number of nitrogens with one attached hydrogen (secondary N) is 2. The molecule has 1 aliphatic heterocycles. The van der Waals surface area contributed by atoms with Gasteiger partial charge < -0.3 is 0 Å². The summed E-state index contributed by atoms with van der Waals surface area (Å²) < 4.78 is 52.0. The van der Waals surface area contributed by atoms with Crippen molar-refractivity contribution >= 4 is 37.9 Å². The van der Waals surface area contributed by atoms with Crippen molar-refractivity contribution in [2.75, 3.05) is 18.4 Å². The Balaban J connectivity index is 1.69. The summed E-state index contributed by atoms with van der Waals surface area (Å²) in [5, 5.41) is 6.86. The number of aryl methyl sites for hydroxylation is 1. The number of fused-ring (bicyclic) bond motifs is 1. The number of aromatic nitrogens is 3. The third kappa shape index (κ3) is 4.95. The molecule has 32 heavy (non-hydrogen) atoms. The van der Waals surface area contributed by atoms with Crippen LogP contribution in [0.5, 0.6) is 0 Å². The van der Waals surface area contributed by atoms with Crippen LogP contribution in [0.15, 0.2) is 41.6 Å². The van der Waals surface area contributed by atoms with Gasteiger partial charge in [-0.1, -0.05) is 0 Å². The Morgan fingerprint density at radius 3 is 2.72 bits per heavy atom. The van der Waals surface area contributed by atoms with Crippen LogP contribution < -0.4 is 37.4 Å². The second-order valence-corrected chi connectivity index (χ2v) is 15.1. The molecule has 0 spiro atoms. The fourth-order valence-corrected chi connectivity index (χ4v) is 9.94. The van der Waals surface area contributed by atoms with E-state index in [4.69, 9.17) is 0 Å². The van der Waals surface area contributed by atoms with Crippen LogP contribution in [0.4, 0.5) is 19.0 Å². The van der Waals surface area contributed by atoms with Crippen LogP contribution in [-0.4, -0.2) is 33.6 Å². The Hall–Kier alpha value is -1.68. The van der Waals surface area contributed by atoms with Crippen molar-refractivity contribution in [1.82, 2.24) is 19.9 Å². The van der Waals surface area contributed by atoms with E-state index in [1.165, 1.54) is 29.2 Å². The van der Waals surface area contributed by atoms with Crippen molar-refractivity contribution < 1.29 is 37.4 Å². The van der Waals surface area contributed by atoms with Gasteiger partial charge in [0.15, 0.2) is 0 Å². The van der Waals surface area contributed by atoms with Gasteiger partial charge in [0.05, 0.1) is 0 Å². The van der Waals surface area contributed by atoms with Crippen molar-refractivity contribution in [2.45, 2.75) is 18.6 Å². The van der Waals surface area contributed by atoms with Crippen LogP contribution in [0.1, 0.15) is 12.0 Å². The standard InChI is InChI=1S/C20H19F3I2N5O2/c1-30-10-29-16-14(11-2-4-12(5-3-11)20(21,22)23)9-28-17(15(16)18(30)31)27-8-13-6-7-26-19(24-13)25-32/h2-5,9-10,13,19,26H,6-8H2,1H3,(H,27,28)/q-1. The first-order valence-electron chi connectivity index (χ1n) is 9.64. The van der Waals surface area contributed by atoms with E-state index in [-0.39, 0.29) is 28.8 Å². The van der Waals surface area contributed by atoms with E-state index < -0.39 is 32.9 Å². The zero-order valence-electron chi connectivity index (χ0n) is 16.8. The van der Waals surface area contributed by atoms with Crippen LogP contribution >= 0.6 is 21.2 Å². The van der Waals surface area contributed by atoms with E-state index in [1.54, 1.807) is 7.05 Å². The zero-order chi connectivity index (χ0) is 22.9. The van der Waals surface area contributed by atoms with E-state index in [0.717, 1.165) is 25.1 Å². The molecule has 7 nitrogen and oxygen atoms in total. The fourth-order valence-electron chi connectivity index (χ4n) is 3.41. The summed E-state index contributed by atoms with van der Waals surface area (Å²) in [5.74, 6) is 0.403. The minimum atomic E-state index is -4.43. The third-order valence-electron chi connectivity index (χ3n) is 5.08. The first-order chi connectivity index (χ1) is 15.3. The third-order valence-corrected chi connectivity index (χ3v) is 12.2. The Morgan fingerprint density at radius 2 is 2.03 bits per heavy atom. The average molecular weight is 672 g/mol. The van der Waals surface area contributed by atoms with Crippen molar-refractivity contribution in [3.63, 3.8) is 0 Å². The van der Waals surface area contributed by atoms with Crippen molar-refractivity contribution in [2.24, 2.45) is 7.05 Å². The number of hydrogen-bond donors (Lipinski definition) is 2. The average Bonchev–Trinajstić information content (AvgIpc) is 2.79. The first kappa shape index (κ1) is 23.5. The van der Waals surface area contributed by atoms with Crippen LogP contribution in [0.3, 0.4) is 0 Å². The van der Waals surface area contributed by atoms with Crippen molar-refractivity contribution in [3.05, 3.63) is 52.7 Å². The van der Waals surface area contributed by atoms with Gasteiger partial charge in [-0.05, 0) is 0 Å². The molecule has 4 rings (SSSR count). The van der Waals surface area contributed by atoms with E-state index >= 15 is 0 Å². The van der Waals surface area contributed by atoms with E-state index in [9.17, 15) is 21.0 Å². The maximum absolute atomic E-state index is 12.9. The number of pyridine rings is 1. The van der Waals surface area contributed by atoms with Gasteiger partial charge in [-0.25, -0.2) is 0 Å². The quantitative estimate of drug-likeness (QED) is 0.233. The molecule has 1 aliphatic rings. The summed E-state index contributed by atoms with van der Waals surface area (Å²) in [6.07, 6.45) is -0.532. The molecule has 0 aliphatic carbocycles. The Kier molecular flexibility index (Phi) is 7.09. The molecule has 2 N–H and O–H groups in total. The molecule has 172 valence electrons. The number of alkyl halides is 6. The van der Waals surface area contributed by atoms with Gasteiger partial charge in [0.1, 0.15) is 0 Å². The number of halogens is 5. The molecule has 1 aromatic carbocycles. The molecule has 0 bridgehead atoms. The second kappa shape index (κ2) is 9.67. The predicted octanol–water partition coefficient (Wildman–Crippen LogP) is 0.477. The number of rotatable bonds is 5. The fraction of sp³-hybridized carbons (Fsp3) is 0.350. The monoisotopic (exact) mass is 672 g/mol. The molecule has 2 aromatic heterocycles. The predicted molar refractivity (Wildman–Crippen MR) is 119 cm³/mol. The molecular formula is C20H19F3I2N5O2-. The Morgan fingerprint density at radius 1 is 1.28 bits per heavy atom. The number of benzene rings is 1. The van der Waals surface area contributed by atoms with Crippen LogP contribution in [0.2, 0.25) is 0 Å². The molecule has 3 aromatic rings. The van der Waals surface area contributed by atoms with Gasteiger partial charge >= 0.3 is 190 Å². The van der Waals surface area contributed by atoms with Crippen LogP contribution in [0, 0.1) is 0 Å². The minimum absolute atomic E-state index is 0.162. The van der Waals surface area contributed by atoms with E-state index in [2.05, 4.69) is 20.6 Å². The molecule has 2 atom stereocenters. The van der Waals surface area contributed by atoms with Crippen LogP contribution in [-0.2, 0) is 16.3 Å². The van der Waals surface area contributed by atoms with Gasteiger partial charge in [-0.15, -0.1) is 0 Å². The topological polar surface area (TPSA) is 88.9 Å². The summed E-state index contributed by atoms with van der Waals surface area (Å²) in [6, 6.07) is 4.72. The molecule has 12 heteroatoms. The van der Waals surface area contributed by atoms with Gasteiger partial charge in [0.25, 0.3) is 0 Å². The second-order valence-electron chi connectivity index (χ2n) is 7.22. The Bertz CT molecular complexity index is 1200. The molecule has 1 saturated heterocycles. The molecular weight excluding hydrogens is 653 g/mol. The van der Waals surface area contributed by atoms with Crippen molar-refractivity contribution in [1.29, 1.82) is 0 Å². The Labute approximate surface area is 202 Å². The summed E-state index contributed by atoms with van der Waals surface area (Å²) in [7, 11) is 1.59. The zero-order valence-corrected chi connectivity index (χ0v) is 21.1. The van der Waals surface area contributed by atoms with E-state index in [0.29, 0.717) is 38.3 Å². The molecule has 1 fully saturated rings. The normalized spacial score (nSPS) is 19.5. The number of anilines is 1. The van der Waals surface area contributed by atoms with Crippen molar-refractivity contribution in [3.8, 4) is 11.1 Å². The SMILES string of the molecule is Cn1cnc2c(-c3ccc(C(F)(F)F)cc3)cnc(NCC3CCNC(I=O)[I-]3)c2c1=O. The molecule has 0 radical (unpaired) electrons. The molecule has 0 saturated carbocycles. The summed E-state index contributed by atoms with van der Waals surface area (Å²) in [6.45, 7) is 1.44. The maximum atomic E-state index is 12.9. The molecule has 3 heterocycles. The molecule has 0 amide bonds. The summed E-state index contributed by atoms with van der Waals surface area (Å²) in [5.41, 5.74) is 0.331. The number of nitrogens with zero attached hydrogens (tertiary/aromatic N) is 3. The first-order valence-corrected chi connectivity index (χ1v) is 14.3. The summed E-state index contributed by atoms with van der Waals surface area (Å²) in [4.78, 5) is 21.7. The van der Waals surface area contributed by atoms with Gasteiger partial charge in [-0.2, -0.15) is 13.2 Å². The van der Waals surface area contributed by atoms with Gasteiger partial charge in [-0.3, -0.25) is 0 Å².